The van der Waals surface area contributed by atoms with Crippen molar-refractivity contribution in [2.45, 2.75) is 31.6 Å². The molecule has 0 bridgehead atoms. The Bertz CT molecular complexity index is 519. The number of nitrogens with zero attached hydrogens (tertiary/aromatic N) is 2. The molecule has 2 rings (SSSR count). The Balaban J connectivity index is 2.11. The van der Waals surface area contributed by atoms with Crippen LogP contribution in [-0.4, -0.2) is 42.1 Å². The van der Waals surface area contributed by atoms with Crippen molar-refractivity contribution >= 4 is 29.3 Å². The molecule has 5 heteroatoms. The van der Waals surface area contributed by atoms with E-state index in [1.165, 1.54) is 11.8 Å². The molecule has 1 aromatic carbocycles. The predicted octanol–water partition coefficient (Wildman–Crippen LogP) is 2.77. The molecule has 1 aliphatic heterocycles. The predicted molar refractivity (Wildman–Crippen MR) is 86.7 cm³/mol. The molecule has 114 valence electrons. The maximum Gasteiger partial charge on any atom is 0.242 e. The van der Waals surface area contributed by atoms with Gasteiger partial charge in [-0.2, -0.15) is 0 Å². The maximum absolute atomic E-state index is 12.4. The van der Waals surface area contributed by atoms with Gasteiger partial charge in [-0.05, 0) is 25.5 Å². The van der Waals surface area contributed by atoms with Crippen molar-refractivity contribution in [1.29, 1.82) is 0 Å². The van der Waals surface area contributed by atoms with E-state index in [-0.39, 0.29) is 18.4 Å². The fourth-order valence-corrected chi connectivity index (χ4v) is 3.31. The fourth-order valence-electron chi connectivity index (χ4n) is 2.37. The van der Waals surface area contributed by atoms with Crippen LogP contribution >= 0.6 is 11.8 Å². The first-order valence-corrected chi connectivity index (χ1v) is 8.45. The minimum Gasteiger partial charge on any atom is -0.341 e. The quantitative estimate of drug-likeness (QED) is 0.811. The summed E-state index contributed by atoms with van der Waals surface area (Å²) in [6.07, 6.45) is 2.06. The van der Waals surface area contributed by atoms with Gasteiger partial charge >= 0.3 is 0 Å². The standard InChI is InChI=1S/C16H22N2O2S/c1-3-5-10-17(4-2)15(19)11-18-13-8-6-7-9-14(13)21-12-16(18)20/h6-9H,3-5,10-12H2,1-2H3. The second-order valence-corrected chi connectivity index (χ2v) is 6.08. The van der Waals surface area contributed by atoms with Crippen molar-refractivity contribution in [3.8, 4) is 0 Å². The molecule has 0 radical (unpaired) electrons. The summed E-state index contributed by atoms with van der Waals surface area (Å²) < 4.78 is 0. The van der Waals surface area contributed by atoms with E-state index < -0.39 is 0 Å². The highest BCUT2D eigenvalue weighted by Crippen LogP contribution is 2.34. The number of rotatable bonds is 6. The van der Waals surface area contributed by atoms with E-state index in [1.807, 2.05) is 36.1 Å². The minimum absolute atomic E-state index is 0.0126. The maximum atomic E-state index is 12.4. The molecule has 0 N–H and O–H groups in total. The van der Waals surface area contributed by atoms with Gasteiger partial charge in [0.2, 0.25) is 11.8 Å². The Morgan fingerprint density at radius 3 is 2.81 bits per heavy atom. The van der Waals surface area contributed by atoms with E-state index in [0.717, 1.165) is 30.0 Å². The number of hydrogen-bond donors (Lipinski definition) is 0. The first kappa shape index (κ1) is 15.9. The Morgan fingerprint density at radius 1 is 1.33 bits per heavy atom. The number of para-hydroxylation sites is 1. The summed E-state index contributed by atoms with van der Waals surface area (Å²) in [7, 11) is 0. The van der Waals surface area contributed by atoms with Crippen LogP contribution in [0.4, 0.5) is 5.69 Å². The molecule has 4 nitrogen and oxygen atoms in total. The van der Waals surface area contributed by atoms with E-state index in [9.17, 15) is 9.59 Å². The number of anilines is 1. The molecule has 0 spiro atoms. The topological polar surface area (TPSA) is 40.6 Å². The molecule has 2 amide bonds. The van der Waals surface area contributed by atoms with E-state index in [2.05, 4.69) is 6.92 Å². The molecular formula is C16H22N2O2S. The van der Waals surface area contributed by atoms with Gasteiger partial charge in [-0.3, -0.25) is 9.59 Å². The second kappa shape index (κ2) is 7.50. The third-order valence-corrected chi connectivity index (χ3v) is 4.67. The lowest BCUT2D eigenvalue weighted by Gasteiger charge is -2.30. The van der Waals surface area contributed by atoms with Gasteiger partial charge in [0.1, 0.15) is 6.54 Å². The van der Waals surface area contributed by atoms with Gasteiger partial charge in [-0.25, -0.2) is 0 Å². The van der Waals surface area contributed by atoms with Gasteiger partial charge in [-0.15, -0.1) is 11.8 Å². The monoisotopic (exact) mass is 306 g/mol. The van der Waals surface area contributed by atoms with Gasteiger partial charge in [0, 0.05) is 18.0 Å². The average molecular weight is 306 g/mol. The number of likely N-dealkylation sites (N-methyl/N-ethyl adjacent to an activating group) is 1. The van der Waals surface area contributed by atoms with Crippen LogP contribution in [0.2, 0.25) is 0 Å². The largest absolute Gasteiger partial charge is 0.341 e. The van der Waals surface area contributed by atoms with Crippen LogP contribution in [0.1, 0.15) is 26.7 Å². The summed E-state index contributed by atoms with van der Waals surface area (Å²) in [5.74, 6) is 0.449. The molecule has 1 aromatic rings. The second-order valence-electron chi connectivity index (χ2n) is 5.06. The SMILES string of the molecule is CCCCN(CC)C(=O)CN1C(=O)CSc2ccccc21. The van der Waals surface area contributed by atoms with Crippen molar-refractivity contribution in [2.24, 2.45) is 0 Å². The van der Waals surface area contributed by atoms with Crippen molar-refractivity contribution in [2.75, 3.05) is 30.3 Å². The van der Waals surface area contributed by atoms with Crippen LogP contribution in [0.5, 0.6) is 0 Å². The molecule has 1 heterocycles. The zero-order valence-corrected chi connectivity index (χ0v) is 13.5. The number of unbranched alkanes of at least 4 members (excludes halogenated alkanes) is 1. The summed E-state index contributed by atoms with van der Waals surface area (Å²) in [4.78, 5) is 29.1. The first-order chi connectivity index (χ1) is 10.2. The van der Waals surface area contributed by atoms with Crippen molar-refractivity contribution in [1.82, 2.24) is 4.90 Å². The summed E-state index contributed by atoms with van der Waals surface area (Å²) in [5, 5.41) is 0. The first-order valence-electron chi connectivity index (χ1n) is 7.47. The number of hydrogen-bond acceptors (Lipinski definition) is 3. The number of benzene rings is 1. The molecule has 0 aromatic heterocycles. The van der Waals surface area contributed by atoms with Crippen LogP contribution in [-0.2, 0) is 9.59 Å². The molecule has 0 aliphatic carbocycles. The Kier molecular flexibility index (Phi) is 5.67. The number of amides is 2. The van der Waals surface area contributed by atoms with Gasteiger partial charge in [-0.1, -0.05) is 25.5 Å². The summed E-state index contributed by atoms with van der Waals surface area (Å²) in [6, 6.07) is 7.78. The number of carbonyl (C=O) groups excluding carboxylic acids is 2. The van der Waals surface area contributed by atoms with Crippen molar-refractivity contribution in [3.05, 3.63) is 24.3 Å². The smallest absolute Gasteiger partial charge is 0.242 e. The van der Waals surface area contributed by atoms with Crippen LogP contribution in [0.3, 0.4) is 0 Å². The highest BCUT2D eigenvalue weighted by Gasteiger charge is 2.27. The molecule has 21 heavy (non-hydrogen) atoms. The number of thioether (sulfide) groups is 1. The number of carbonyl (C=O) groups is 2. The summed E-state index contributed by atoms with van der Waals surface area (Å²) >= 11 is 1.54. The lowest BCUT2D eigenvalue weighted by molar-refractivity contribution is -0.131. The molecule has 0 unspecified atom stereocenters. The summed E-state index contributed by atoms with van der Waals surface area (Å²) in [6.45, 7) is 5.70. The van der Waals surface area contributed by atoms with Crippen molar-refractivity contribution < 1.29 is 9.59 Å². The van der Waals surface area contributed by atoms with E-state index in [4.69, 9.17) is 0 Å². The average Bonchev–Trinajstić information content (AvgIpc) is 2.51. The fraction of sp³-hybridized carbons (Fsp3) is 0.500. The molecule has 1 aliphatic rings. The van der Waals surface area contributed by atoms with Crippen LogP contribution in [0, 0.1) is 0 Å². The van der Waals surface area contributed by atoms with Gasteiger partial charge < -0.3 is 9.80 Å². The lowest BCUT2D eigenvalue weighted by atomic mass is 10.2. The molecule has 0 saturated carbocycles. The lowest BCUT2D eigenvalue weighted by Crippen LogP contribution is -2.45. The highest BCUT2D eigenvalue weighted by atomic mass is 32.2. The molecule has 0 fully saturated rings. The van der Waals surface area contributed by atoms with Crippen LogP contribution < -0.4 is 4.90 Å². The van der Waals surface area contributed by atoms with E-state index in [0.29, 0.717) is 12.3 Å². The number of fused-ring (bicyclic) bond motifs is 1. The molecule has 0 atom stereocenters. The van der Waals surface area contributed by atoms with Crippen molar-refractivity contribution in [3.63, 3.8) is 0 Å². The molecular weight excluding hydrogens is 284 g/mol. The van der Waals surface area contributed by atoms with E-state index in [1.54, 1.807) is 4.90 Å². The van der Waals surface area contributed by atoms with Gasteiger partial charge in [0.05, 0.1) is 11.4 Å². The normalized spacial score (nSPS) is 14.0. The van der Waals surface area contributed by atoms with Gasteiger partial charge in [0.15, 0.2) is 0 Å². The third-order valence-electron chi connectivity index (χ3n) is 3.62. The van der Waals surface area contributed by atoms with Crippen LogP contribution in [0.25, 0.3) is 0 Å². The van der Waals surface area contributed by atoms with E-state index >= 15 is 0 Å². The Hall–Kier alpha value is -1.49. The molecule has 0 saturated heterocycles. The van der Waals surface area contributed by atoms with Crippen LogP contribution in [0.15, 0.2) is 29.2 Å². The zero-order valence-electron chi connectivity index (χ0n) is 12.7. The highest BCUT2D eigenvalue weighted by molar-refractivity contribution is 8.00. The minimum atomic E-state index is 0.0126. The Morgan fingerprint density at radius 2 is 2.10 bits per heavy atom. The van der Waals surface area contributed by atoms with Gasteiger partial charge in [0.25, 0.3) is 0 Å². The third kappa shape index (κ3) is 3.79. The zero-order chi connectivity index (χ0) is 15.2. The Labute approximate surface area is 130 Å². The summed E-state index contributed by atoms with van der Waals surface area (Å²) in [5.41, 5.74) is 0.860.